The van der Waals surface area contributed by atoms with Crippen LogP contribution in [-0.2, 0) is 4.79 Å². The molecule has 0 aromatic heterocycles. The molecular weight excluding hydrogens is 312 g/mol. The van der Waals surface area contributed by atoms with E-state index >= 15 is 0 Å². The Balaban J connectivity index is 1.78. The van der Waals surface area contributed by atoms with E-state index in [9.17, 15) is 4.79 Å². The average molecular weight is 338 g/mol. The van der Waals surface area contributed by atoms with Gasteiger partial charge in [-0.15, -0.1) is 0 Å². The summed E-state index contributed by atoms with van der Waals surface area (Å²) in [6.07, 6.45) is 0. The van der Waals surface area contributed by atoms with E-state index in [0.717, 1.165) is 35.7 Å². The summed E-state index contributed by atoms with van der Waals surface area (Å²) in [5.41, 5.74) is 1.85. The Kier molecular flexibility index (Phi) is 5.39. The molecule has 2 aromatic carbocycles. The van der Waals surface area contributed by atoms with Crippen molar-refractivity contribution in [2.45, 2.75) is 32.7 Å². The highest BCUT2D eigenvalue weighted by Crippen LogP contribution is 2.43. The van der Waals surface area contributed by atoms with Crippen LogP contribution in [0.1, 0.15) is 37.8 Å². The molecule has 0 bridgehead atoms. The van der Waals surface area contributed by atoms with Gasteiger partial charge in [0.1, 0.15) is 11.5 Å². The first-order valence-corrected chi connectivity index (χ1v) is 8.99. The largest absolute Gasteiger partial charge is 0.457 e. The third-order valence-corrected chi connectivity index (χ3v) is 4.78. The molecule has 2 aromatic rings. The van der Waals surface area contributed by atoms with Crippen LogP contribution in [0.3, 0.4) is 0 Å². The lowest BCUT2D eigenvalue weighted by atomic mass is 9.87. The van der Waals surface area contributed by atoms with E-state index in [-0.39, 0.29) is 11.8 Å². The highest BCUT2D eigenvalue weighted by atomic mass is 16.5. The van der Waals surface area contributed by atoms with Gasteiger partial charge in [-0.2, -0.15) is 0 Å². The smallest absolute Gasteiger partial charge is 0.232 e. The number of benzene rings is 2. The van der Waals surface area contributed by atoms with E-state index in [4.69, 9.17) is 4.74 Å². The Morgan fingerprint density at radius 2 is 1.64 bits per heavy atom. The first-order valence-electron chi connectivity index (χ1n) is 8.99. The Bertz CT molecular complexity index is 697. The molecule has 3 rings (SSSR count). The molecule has 0 saturated carbocycles. The summed E-state index contributed by atoms with van der Waals surface area (Å²) < 4.78 is 5.96. The summed E-state index contributed by atoms with van der Waals surface area (Å²) in [5.74, 6) is 1.23. The second kappa shape index (κ2) is 7.70. The average Bonchev–Trinajstić information content (AvgIpc) is 2.62. The molecule has 25 heavy (non-hydrogen) atoms. The Labute approximate surface area is 149 Å². The second-order valence-electron chi connectivity index (χ2n) is 6.62. The van der Waals surface area contributed by atoms with Crippen molar-refractivity contribution in [3.8, 4) is 11.5 Å². The number of likely N-dealkylation sites (N-methyl/N-ethyl adjacent to an activating group) is 1. The number of carbonyl (C=O) groups is 1. The molecule has 0 radical (unpaired) electrons. The molecule has 0 spiro atoms. The number of rotatable bonds is 6. The predicted molar refractivity (Wildman–Crippen MR) is 100 cm³/mol. The standard InChI is InChI=1S/C21H26N2O2/c1-4-23(15(2)3)14-13-22-21(24)20-16-9-5-7-11-18(16)25-19-12-8-6-10-17(19)20/h5-12,15,20H,4,13-14H2,1-3H3,(H,22,24). The van der Waals surface area contributed by atoms with Crippen molar-refractivity contribution < 1.29 is 9.53 Å². The van der Waals surface area contributed by atoms with Gasteiger partial charge >= 0.3 is 0 Å². The van der Waals surface area contributed by atoms with Crippen molar-refractivity contribution in [3.63, 3.8) is 0 Å². The van der Waals surface area contributed by atoms with Crippen LogP contribution in [0.2, 0.25) is 0 Å². The number of hydrogen-bond acceptors (Lipinski definition) is 3. The highest BCUT2D eigenvalue weighted by Gasteiger charge is 2.32. The van der Waals surface area contributed by atoms with E-state index in [1.807, 2.05) is 48.5 Å². The third-order valence-electron chi connectivity index (χ3n) is 4.78. The quantitative estimate of drug-likeness (QED) is 0.872. The fourth-order valence-electron chi connectivity index (χ4n) is 3.40. The van der Waals surface area contributed by atoms with Gasteiger partial charge in [-0.3, -0.25) is 9.69 Å². The zero-order valence-corrected chi connectivity index (χ0v) is 15.2. The van der Waals surface area contributed by atoms with Crippen LogP contribution >= 0.6 is 0 Å². The molecule has 0 unspecified atom stereocenters. The van der Waals surface area contributed by atoms with Crippen LogP contribution < -0.4 is 10.1 Å². The first kappa shape index (κ1) is 17.5. The number of hydrogen-bond donors (Lipinski definition) is 1. The second-order valence-corrected chi connectivity index (χ2v) is 6.62. The summed E-state index contributed by atoms with van der Waals surface area (Å²) in [6.45, 7) is 8.98. The Morgan fingerprint density at radius 1 is 1.08 bits per heavy atom. The lowest BCUT2D eigenvalue weighted by Crippen LogP contribution is -2.40. The predicted octanol–water partition coefficient (Wildman–Crippen LogP) is 3.77. The molecule has 1 N–H and O–H groups in total. The summed E-state index contributed by atoms with van der Waals surface area (Å²) in [4.78, 5) is 15.3. The van der Waals surface area contributed by atoms with Crippen molar-refractivity contribution in [1.82, 2.24) is 10.2 Å². The summed E-state index contributed by atoms with van der Waals surface area (Å²) in [6, 6.07) is 16.0. The molecular formula is C21H26N2O2. The summed E-state index contributed by atoms with van der Waals surface area (Å²) in [7, 11) is 0. The minimum atomic E-state index is -0.324. The molecule has 0 saturated heterocycles. The number of amides is 1. The zero-order chi connectivity index (χ0) is 17.8. The van der Waals surface area contributed by atoms with Gasteiger partial charge in [0.2, 0.25) is 5.91 Å². The molecule has 1 heterocycles. The van der Waals surface area contributed by atoms with Gasteiger partial charge < -0.3 is 10.1 Å². The van der Waals surface area contributed by atoms with Crippen LogP contribution in [0.5, 0.6) is 11.5 Å². The van der Waals surface area contributed by atoms with Crippen molar-refractivity contribution in [3.05, 3.63) is 59.7 Å². The number of fused-ring (bicyclic) bond motifs is 2. The lowest BCUT2D eigenvalue weighted by Gasteiger charge is -2.28. The van der Waals surface area contributed by atoms with Gasteiger partial charge in [0.15, 0.2) is 0 Å². The molecule has 1 aliphatic heterocycles. The van der Waals surface area contributed by atoms with Crippen LogP contribution in [0.25, 0.3) is 0 Å². The van der Waals surface area contributed by atoms with E-state index < -0.39 is 0 Å². The van der Waals surface area contributed by atoms with Crippen molar-refractivity contribution in [2.24, 2.45) is 0 Å². The minimum absolute atomic E-state index is 0.0306. The van der Waals surface area contributed by atoms with E-state index in [1.54, 1.807) is 0 Å². The van der Waals surface area contributed by atoms with Gasteiger partial charge in [-0.05, 0) is 32.5 Å². The molecule has 132 valence electrons. The van der Waals surface area contributed by atoms with Crippen LogP contribution in [-0.4, -0.2) is 36.5 Å². The van der Waals surface area contributed by atoms with Crippen molar-refractivity contribution >= 4 is 5.91 Å². The Hall–Kier alpha value is -2.33. The maximum atomic E-state index is 13.0. The molecule has 4 heteroatoms. The van der Waals surface area contributed by atoms with E-state index in [2.05, 4.69) is 31.0 Å². The van der Waals surface area contributed by atoms with Gasteiger partial charge in [0.05, 0.1) is 5.92 Å². The van der Waals surface area contributed by atoms with Crippen LogP contribution in [0.4, 0.5) is 0 Å². The number of nitrogens with zero attached hydrogens (tertiary/aromatic N) is 1. The molecule has 1 amide bonds. The monoisotopic (exact) mass is 338 g/mol. The molecule has 0 aliphatic carbocycles. The first-order chi connectivity index (χ1) is 12.1. The van der Waals surface area contributed by atoms with Crippen LogP contribution in [0.15, 0.2) is 48.5 Å². The third kappa shape index (κ3) is 3.69. The maximum absolute atomic E-state index is 13.0. The molecule has 0 atom stereocenters. The Morgan fingerprint density at radius 3 is 2.16 bits per heavy atom. The van der Waals surface area contributed by atoms with Crippen molar-refractivity contribution in [2.75, 3.05) is 19.6 Å². The zero-order valence-electron chi connectivity index (χ0n) is 15.2. The maximum Gasteiger partial charge on any atom is 0.232 e. The van der Waals surface area contributed by atoms with E-state index in [0.29, 0.717) is 12.6 Å². The summed E-state index contributed by atoms with van der Waals surface area (Å²) in [5, 5.41) is 3.12. The fourth-order valence-corrected chi connectivity index (χ4v) is 3.40. The summed E-state index contributed by atoms with van der Waals surface area (Å²) >= 11 is 0. The molecule has 4 nitrogen and oxygen atoms in total. The van der Waals surface area contributed by atoms with Crippen LogP contribution in [0, 0.1) is 0 Å². The lowest BCUT2D eigenvalue weighted by molar-refractivity contribution is -0.121. The van der Waals surface area contributed by atoms with Gasteiger partial charge in [0, 0.05) is 30.3 Å². The number of carbonyl (C=O) groups excluding carboxylic acids is 1. The number of nitrogens with one attached hydrogen (secondary N) is 1. The number of ether oxygens (including phenoxy) is 1. The molecule has 1 aliphatic rings. The van der Waals surface area contributed by atoms with Gasteiger partial charge in [0.25, 0.3) is 0 Å². The molecule has 0 fully saturated rings. The van der Waals surface area contributed by atoms with Gasteiger partial charge in [-0.25, -0.2) is 0 Å². The topological polar surface area (TPSA) is 41.6 Å². The SMILES string of the molecule is CCN(CCNC(=O)C1c2ccccc2Oc2ccccc21)C(C)C. The van der Waals surface area contributed by atoms with Gasteiger partial charge in [-0.1, -0.05) is 43.3 Å². The van der Waals surface area contributed by atoms with E-state index in [1.165, 1.54) is 0 Å². The number of para-hydroxylation sites is 2. The fraction of sp³-hybridized carbons (Fsp3) is 0.381. The minimum Gasteiger partial charge on any atom is -0.457 e. The normalized spacial score (nSPS) is 13.3. The highest BCUT2D eigenvalue weighted by molar-refractivity contribution is 5.89. The van der Waals surface area contributed by atoms with Crippen molar-refractivity contribution in [1.29, 1.82) is 0 Å².